The number of hydrogen-bond donors (Lipinski definition) is 1. The minimum Gasteiger partial charge on any atom is -0.469 e. The monoisotopic (exact) mass is 396 g/mol. The fourth-order valence-electron chi connectivity index (χ4n) is 2.94. The van der Waals surface area contributed by atoms with Crippen LogP contribution in [0.4, 0.5) is 10.5 Å². The number of para-hydroxylation sites is 1. The lowest BCUT2D eigenvalue weighted by molar-refractivity contribution is -0.140. The van der Waals surface area contributed by atoms with Gasteiger partial charge in [-0.2, -0.15) is 0 Å². The van der Waals surface area contributed by atoms with Crippen LogP contribution in [0.1, 0.15) is 17.7 Å². The molecule has 28 heavy (non-hydrogen) atoms. The molecule has 3 rings (SSSR count). The number of H-pyrrole nitrogens is 1. The van der Waals surface area contributed by atoms with E-state index in [1.54, 1.807) is 29.6 Å². The summed E-state index contributed by atoms with van der Waals surface area (Å²) in [5.74, 6) is -0.00262. The number of aromatic amines is 1. The van der Waals surface area contributed by atoms with Crippen LogP contribution in [0.5, 0.6) is 5.75 Å². The smallest absolute Gasteiger partial charge is 0.419 e. The van der Waals surface area contributed by atoms with E-state index in [4.69, 9.17) is 17.0 Å². The molecule has 0 fully saturated rings. The lowest BCUT2D eigenvalue weighted by Crippen LogP contribution is -2.35. The standard InChI is InChI=1S/C21H20N2O4S/c1-14-18(13-28)17-12-16(8-9-19(17)22-14)27-21(25)23(11-10-20(24)26-2)15-6-4-3-5-7-15/h3-9,12-13,22H,10-11H2,1-2H3. The van der Waals surface area contributed by atoms with Gasteiger partial charge in [-0.3, -0.25) is 9.69 Å². The zero-order valence-electron chi connectivity index (χ0n) is 15.6. The molecule has 0 saturated heterocycles. The van der Waals surface area contributed by atoms with Gasteiger partial charge in [-0.15, -0.1) is 0 Å². The van der Waals surface area contributed by atoms with E-state index in [0.29, 0.717) is 11.4 Å². The first-order valence-corrected chi connectivity index (χ1v) is 9.19. The summed E-state index contributed by atoms with van der Waals surface area (Å²) < 4.78 is 10.3. The van der Waals surface area contributed by atoms with Crippen molar-refractivity contribution >= 4 is 46.2 Å². The summed E-state index contributed by atoms with van der Waals surface area (Å²) >= 11 is 5.09. The van der Waals surface area contributed by atoms with E-state index in [2.05, 4.69) is 9.72 Å². The topological polar surface area (TPSA) is 71.6 Å². The summed E-state index contributed by atoms with van der Waals surface area (Å²) in [4.78, 5) is 29.0. The van der Waals surface area contributed by atoms with E-state index in [9.17, 15) is 9.59 Å². The lowest BCUT2D eigenvalue weighted by Gasteiger charge is -2.21. The number of aryl methyl sites for hydroxylation is 1. The van der Waals surface area contributed by atoms with Gasteiger partial charge >= 0.3 is 12.1 Å². The van der Waals surface area contributed by atoms with Gasteiger partial charge in [0.2, 0.25) is 0 Å². The normalized spacial score (nSPS) is 10.5. The van der Waals surface area contributed by atoms with E-state index < -0.39 is 12.1 Å². The highest BCUT2D eigenvalue weighted by atomic mass is 32.1. The van der Waals surface area contributed by atoms with Crippen molar-refractivity contribution in [1.29, 1.82) is 0 Å². The minimum atomic E-state index is -0.578. The Morgan fingerprint density at radius 1 is 1.18 bits per heavy atom. The van der Waals surface area contributed by atoms with Gasteiger partial charge in [0.15, 0.2) is 0 Å². The van der Waals surface area contributed by atoms with Crippen LogP contribution < -0.4 is 9.64 Å². The Kier molecular flexibility index (Phi) is 6.06. The molecule has 0 bridgehead atoms. The van der Waals surface area contributed by atoms with Crippen molar-refractivity contribution in [3.05, 3.63) is 59.8 Å². The summed E-state index contributed by atoms with van der Waals surface area (Å²) in [6, 6.07) is 14.4. The second-order valence-corrected chi connectivity index (χ2v) is 6.41. The van der Waals surface area contributed by atoms with Gasteiger partial charge < -0.3 is 14.5 Å². The summed E-state index contributed by atoms with van der Waals surface area (Å²) in [7, 11) is 1.31. The van der Waals surface area contributed by atoms with Crippen LogP contribution in [0.25, 0.3) is 10.9 Å². The van der Waals surface area contributed by atoms with Crippen molar-refractivity contribution in [3.63, 3.8) is 0 Å². The van der Waals surface area contributed by atoms with Crippen molar-refractivity contribution < 1.29 is 19.1 Å². The Labute approximate surface area is 168 Å². The molecule has 1 amide bonds. The molecule has 7 heteroatoms. The molecule has 0 aliphatic rings. The van der Waals surface area contributed by atoms with E-state index in [0.717, 1.165) is 22.2 Å². The molecule has 0 saturated carbocycles. The number of rotatable bonds is 6. The number of methoxy groups -OCH3 is 1. The van der Waals surface area contributed by atoms with Gasteiger partial charge in [-0.25, -0.2) is 4.79 Å². The van der Waals surface area contributed by atoms with E-state index in [1.165, 1.54) is 12.0 Å². The number of thiocarbonyl (C=S) groups is 1. The van der Waals surface area contributed by atoms with Crippen molar-refractivity contribution in [1.82, 2.24) is 4.98 Å². The van der Waals surface area contributed by atoms with Gasteiger partial charge in [-0.05, 0) is 37.3 Å². The molecule has 0 aliphatic heterocycles. The van der Waals surface area contributed by atoms with Crippen LogP contribution in [0.15, 0.2) is 48.5 Å². The predicted octanol–water partition coefficient (Wildman–Crippen LogP) is 4.39. The Bertz CT molecular complexity index is 1010. The summed E-state index contributed by atoms with van der Waals surface area (Å²) in [6.07, 6.45) is -0.517. The maximum atomic E-state index is 12.8. The maximum Gasteiger partial charge on any atom is 0.419 e. The molecule has 0 aliphatic carbocycles. The minimum absolute atomic E-state index is 0.0611. The number of benzene rings is 2. The summed E-state index contributed by atoms with van der Waals surface area (Å²) in [5, 5.41) is 2.49. The first-order chi connectivity index (χ1) is 13.5. The van der Waals surface area contributed by atoms with Gasteiger partial charge in [0.05, 0.1) is 13.5 Å². The Balaban J connectivity index is 1.85. The molecule has 1 N–H and O–H groups in total. The van der Waals surface area contributed by atoms with Gasteiger partial charge in [0.1, 0.15) is 5.75 Å². The number of anilines is 1. The molecule has 0 unspecified atom stereocenters. The van der Waals surface area contributed by atoms with Crippen LogP contribution in [0.2, 0.25) is 0 Å². The molecule has 0 radical (unpaired) electrons. The van der Waals surface area contributed by atoms with Gasteiger partial charge in [-0.1, -0.05) is 30.4 Å². The molecule has 1 heterocycles. The van der Waals surface area contributed by atoms with Gasteiger partial charge in [0, 0.05) is 39.8 Å². The molecule has 3 aromatic rings. The van der Waals surface area contributed by atoms with Gasteiger partial charge in [0.25, 0.3) is 0 Å². The molecule has 6 nitrogen and oxygen atoms in total. The van der Waals surface area contributed by atoms with Crippen LogP contribution in [0, 0.1) is 6.92 Å². The summed E-state index contributed by atoms with van der Waals surface area (Å²) in [5.41, 5.74) is 3.40. The molecule has 144 valence electrons. The van der Waals surface area contributed by atoms with Crippen molar-refractivity contribution in [2.24, 2.45) is 0 Å². The Hall–Kier alpha value is -3.19. The molecule has 1 aromatic heterocycles. The molecule has 0 spiro atoms. The third kappa shape index (κ3) is 4.20. The van der Waals surface area contributed by atoms with Crippen LogP contribution in [0.3, 0.4) is 0 Å². The molecule has 2 aromatic carbocycles. The molecular formula is C21H20N2O4S. The zero-order valence-corrected chi connectivity index (χ0v) is 16.4. The number of fused-ring (bicyclic) bond motifs is 1. The number of nitrogens with zero attached hydrogens (tertiary/aromatic N) is 1. The molecular weight excluding hydrogens is 376 g/mol. The second kappa shape index (κ2) is 8.67. The Morgan fingerprint density at radius 3 is 2.61 bits per heavy atom. The quantitative estimate of drug-likeness (QED) is 0.494. The first-order valence-electron chi connectivity index (χ1n) is 8.72. The number of carbonyl (C=O) groups is 2. The zero-order chi connectivity index (χ0) is 20.1. The maximum absolute atomic E-state index is 12.8. The number of esters is 1. The van der Waals surface area contributed by atoms with Crippen molar-refractivity contribution in [2.45, 2.75) is 13.3 Å². The number of nitrogens with one attached hydrogen (secondary N) is 1. The predicted molar refractivity (Wildman–Crippen MR) is 112 cm³/mol. The number of hydrogen-bond acceptors (Lipinski definition) is 5. The number of amides is 1. The van der Waals surface area contributed by atoms with Crippen LogP contribution in [-0.2, 0) is 9.53 Å². The number of ether oxygens (including phenoxy) is 2. The highest BCUT2D eigenvalue weighted by Crippen LogP contribution is 2.26. The van der Waals surface area contributed by atoms with E-state index in [1.807, 2.05) is 31.2 Å². The first kappa shape index (κ1) is 19.6. The fourth-order valence-corrected chi connectivity index (χ4v) is 3.24. The lowest BCUT2D eigenvalue weighted by atomic mass is 10.1. The highest BCUT2D eigenvalue weighted by molar-refractivity contribution is 7.79. The SMILES string of the molecule is COC(=O)CCN(C(=O)Oc1ccc2[nH]c(C)c(C=S)c2c1)c1ccccc1. The fraction of sp³-hybridized carbons (Fsp3) is 0.190. The van der Waals surface area contributed by atoms with Crippen molar-refractivity contribution in [3.8, 4) is 5.75 Å². The Morgan fingerprint density at radius 2 is 1.93 bits per heavy atom. The van der Waals surface area contributed by atoms with E-state index in [-0.39, 0.29) is 13.0 Å². The average molecular weight is 396 g/mol. The average Bonchev–Trinajstić information content (AvgIpc) is 3.03. The largest absolute Gasteiger partial charge is 0.469 e. The third-order valence-corrected chi connectivity index (χ3v) is 4.62. The molecule has 0 atom stereocenters. The third-order valence-electron chi connectivity index (χ3n) is 4.39. The van der Waals surface area contributed by atoms with Crippen molar-refractivity contribution in [2.75, 3.05) is 18.6 Å². The second-order valence-electron chi connectivity index (χ2n) is 6.17. The van der Waals surface area contributed by atoms with Crippen LogP contribution >= 0.6 is 12.2 Å². The van der Waals surface area contributed by atoms with E-state index >= 15 is 0 Å². The van der Waals surface area contributed by atoms with Crippen LogP contribution in [-0.4, -0.2) is 36.1 Å². The number of carbonyl (C=O) groups excluding carboxylic acids is 2. The summed E-state index contributed by atoms with van der Waals surface area (Å²) in [6.45, 7) is 2.08. The number of aromatic nitrogens is 1. The highest BCUT2D eigenvalue weighted by Gasteiger charge is 2.20.